The van der Waals surface area contributed by atoms with Gasteiger partial charge in [-0.1, -0.05) is 266 Å². The Kier molecular flexibility index (Phi) is 70.4. The lowest BCUT2D eigenvalue weighted by Gasteiger charge is -2.21. The van der Waals surface area contributed by atoms with E-state index in [1.54, 1.807) is 0 Å². The van der Waals surface area contributed by atoms with Crippen molar-refractivity contribution in [2.24, 2.45) is 0 Å². The average Bonchev–Trinajstić information content (AvgIpc) is 1.06. The molecule has 17 nitrogen and oxygen atoms in total. The highest BCUT2D eigenvalue weighted by atomic mass is 31.2. The first kappa shape index (κ1) is 96.0. The molecule has 0 rings (SSSR count). The summed E-state index contributed by atoms with van der Waals surface area (Å²) in [6.07, 6.45) is 76.7. The molecule has 0 aromatic rings. The number of hydrogen-bond donors (Lipinski definition) is 3. The van der Waals surface area contributed by atoms with Gasteiger partial charge in [0.05, 0.1) is 26.4 Å². The summed E-state index contributed by atoms with van der Waals surface area (Å²) in [6, 6.07) is 0. The van der Waals surface area contributed by atoms with Crippen molar-refractivity contribution in [1.29, 1.82) is 0 Å². The van der Waals surface area contributed by atoms with E-state index in [1.165, 1.54) is 64.2 Å². The van der Waals surface area contributed by atoms with Gasteiger partial charge in [0, 0.05) is 25.7 Å². The maximum absolute atomic E-state index is 13.1. The number of allylic oxidation sites excluding steroid dienone is 16. The van der Waals surface area contributed by atoms with Crippen molar-refractivity contribution in [3.05, 3.63) is 97.2 Å². The molecule has 0 aromatic heterocycles. The van der Waals surface area contributed by atoms with Crippen LogP contribution in [0.25, 0.3) is 0 Å². The third-order valence-electron chi connectivity index (χ3n) is 16.5. The largest absolute Gasteiger partial charge is 0.472 e. The fraction of sp³-hybridized carbons (Fsp3) is 0.753. The molecule has 0 aromatic carbocycles. The van der Waals surface area contributed by atoms with Crippen molar-refractivity contribution in [3.8, 4) is 0 Å². The lowest BCUT2D eigenvalue weighted by molar-refractivity contribution is -0.161. The first-order chi connectivity index (χ1) is 48.7. The number of unbranched alkanes of at least 4 members (excludes halogenated alkanes) is 32. The van der Waals surface area contributed by atoms with E-state index in [1.807, 2.05) is 0 Å². The SMILES string of the molecule is CC/C=C\C/C=C\C/C=C\CCCCCCCCCC(=O)OCC(COP(=O)(O)OCC(O)COP(=O)(O)OCC(COC(=O)CCCCCCC/C=C\C/C=C\C/C=C\CC)OC(=O)CCCCCCC/C=C\CCCCCC)OC(=O)CCCCCCC/C=C\CCCCCCCC. The Morgan fingerprint density at radius 2 is 0.520 bits per heavy atom. The molecular weight excluding hydrogens is 1310 g/mol. The highest BCUT2D eigenvalue weighted by molar-refractivity contribution is 7.47. The summed E-state index contributed by atoms with van der Waals surface area (Å²) in [7, 11) is -9.96. The molecule has 0 amide bonds. The molecule has 0 fully saturated rings. The van der Waals surface area contributed by atoms with Gasteiger partial charge in [0.2, 0.25) is 0 Å². The first-order valence-corrected chi connectivity index (χ1v) is 42.5. The molecule has 0 saturated carbocycles. The van der Waals surface area contributed by atoms with E-state index >= 15 is 0 Å². The number of aliphatic hydroxyl groups is 1. The van der Waals surface area contributed by atoms with E-state index in [0.717, 1.165) is 193 Å². The fourth-order valence-electron chi connectivity index (χ4n) is 10.5. The minimum Gasteiger partial charge on any atom is -0.462 e. The molecule has 578 valence electrons. The highest BCUT2D eigenvalue weighted by Gasteiger charge is 2.30. The molecule has 0 heterocycles. The van der Waals surface area contributed by atoms with Crippen LogP contribution in [0, 0.1) is 0 Å². The van der Waals surface area contributed by atoms with Gasteiger partial charge in [0.15, 0.2) is 12.2 Å². The van der Waals surface area contributed by atoms with Gasteiger partial charge in [-0.05, 0) is 141 Å². The normalized spacial score (nSPS) is 14.4. The van der Waals surface area contributed by atoms with E-state index in [0.29, 0.717) is 25.7 Å². The van der Waals surface area contributed by atoms with Gasteiger partial charge in [-0.15, -0.1) is 0 Å². The topological polar surface area (TPSA) is 237 Å². The van der Waals surface area contributed by atoms with Crippen molar-refractivity contribution in [2.45, 2.75) is 354 Å². The number of carbonyl (C=O) groups excluding carboxylic acids is 4. The van der Waals surface area contributed by atoms with Crippen LogP contribution in [0.15, 0.2) is 97.2 Å². The zero-order valence-electron chi connectivity index (χ0n) is 63.1. The Labute approximate surface area is 607 Å². The summed E-state index contributed by atoms with van der Waals surface area (Å²) in [5.41, 5.74) is 0. The quantitative estimate of drug-likeness (QED) is 0.0169. The Morgan fingerprint density at radius 3 is 0.820 bits per heavy atom. The lowest BCUT2D eigenvalue weighted by Crippen LogP contribution is -2.30. The van der Waals surface area contributed by atoms with E-state index in [2.05, 4.69) is 125 Å². The number of carbonyl (C=O) groups is 4. The monoisotopic (exact) mass is 1450 g/mol. The molecule has 5 unspecified atom stereocenters. The smallest absolute Gasteiger partial charge is 0.462 e. The third kappa shape index (κ3) is 72.3. The predicted molar refractivity (Wildman–Crippen MR) is 409 cm³/mol. The van der Waals surface area contributed by atoms with Gasteiger partial charge in [0.25, 0.3) is 0 Å². The number of hydrogen-bond acceptors (Lipinski definition) is 15. The lowest BCUT2D eigenvalue weighted by atomic mass is 10.1. The molecule has 0 spiro atoms. The molecule has 3 N–H and O–H groups in total. The molecule has 5 atom stereocenters. The standard InChI is InChI=1S/C81H142O17P2/c1-5-9-13-17-21-25-29-33-36-37-40-43-46-50-54-58-62-66-79(84)92-72-77(98-81(86)68-64-60-56-52-48-44-39-35-31-27-23-19-15-11-7-3)74-96-100(89,90)94-70-75(82)69-93-99(87,88)95-73-76(97-80(85)67-63-59-55-51-47-41-32-28-24-20-16-12-8-4)71-91-78(83)65-61-57-53-49-45-42-38-34-30-26-22-18-14-10-6-2/h9-10,13-14,21-22,25-26,28,32-36,38-39,75-77,82H,5-8,11-12,15-20,23-24,27,29-31,37,40-74H2,1-4H3,(H,87,88)(H,89,90)/b13-9-,14-10-,25-21-,26-22-,32-28-,36-33-,38-34-,39-35-. The minimum atomic E-state index is -4.98. The number of esters is 4. The van der Waals surface area contributed by atoms with Gasteiger partial charge >= 0.3 is 39.5 Å². The Hall–Kier alpha value is -4.02. The second kappa shape index (κ2) is 73.3. The van der Waals surface area contributed by atoms with Gasteiger partial charge < -0.3 is 33.8 Å². The summed E-state index contributed by atoms with van der Waals surface area (Å²) >= 11 is 0. The summed E-state index contributed by atoms with van der Waals surface area (Å²) < 4.78 is 68.5. The summed E-state index contributed by atoms with van der Waals surface area (Å²) in [4.78, 5) is 72.9. The average molecular weight is 1450 g/mol. The van der Waals surface area contributed by atoms with Crippen LogP contribution in [0.2, 0.25) is 0 Å². The molecule has 0 radical (unpaired) electrons. The molecule has 0 aliphatic carbocycles. The molecular formula is C81H142O17P2. The summed E-state index contributed by atoms with van der Waals surface area (Å²) in [5, 5.41) is 10.6. The first-order valence-electron chi connectivity index (χ1n) is 39.5. The van der Waals surface area contributed by atoms with E-state index < -0.39 is 97.5 Å². The molecule has 19 heteroatoms. The third-order valence-corrected chi connectivity index (χ3v) is 18.4. The van der Waals surface area contributed by atoms with Gasteiger partial charge in [-0.3, -0.25) is 37.3 Å². The second-order valence-electron chi connectivity index (χ2n) is 26.2. The zero-order valence-corrected chi connectivity index (χ0v) is 64.9. The van der Waals surface area contributed by atoms with Gasteiger partial charge in [-0.2, -0.15) is 0 Å². The highest BCUT2D eigenvalue weighted by Crippen LogP contribution is 2.45. The molecule has 0 aliphatic heterocycles. The van der Waals surface area contributed by atoms with Crippen molar-refractivity contribution in [2.75, 3.05) is 39.6 Å². The second-order valence-corrected chi connectivity index (χ2v) is 29.1. The van der Waals surface area contributed by atoms with Crippen molar-refractivity contribution >= 4 is 39.5 Å². The van der Waals surface area contributed by atoms with E-state index in [-0.39, 0.29) is 25.7 Å². The van der Waals surface area contributed by atoms with Crippen LogP contribution >= 0.6 is 15.6 Å². The van der Waals surface area contributed by atoms with Crippen molar-refractivity contribution in [3.63, 3.8) is 0 Å². The van der Waals surface area contributed by atoms with Crippen LogP contribution in [0.4, 0.5) is 0 Å². The van der Waals surface area contributed by atoms with E-state index in [4.69, 9.17) is 37.0 Å². The fourth-order valence-corrected chi connectivity index (χ4v) is 12.1. The van der Waals surface area contributed by atoms with Crippen LogP contribution in [0.1, 0.15) is 336 Å². The van der Waals surface area contributed by atoms with Crippen LogP contribution in [-0.2, 0) is 65.4 Å². The maximum atomic E-state index is 13.1. The van der Waals surface area contributed by atoms with E-state index in [9.17, 15) is 43.2 Å². The Bertz CT molecular complexity index is 2270. The van der Waals surface area contributed by atoms with Crippen molar-refractivity contribution in [1.82, 2.24) is 0 Å². The molecule has 0 bridgehead atoms. The Morgan fingerprint density at radius 1 is 0.290 bits per heavy atom. The maximum Gasteiger partial charge on any atom is 0.472 e. The van der Waals surface area contributed by atoms with Crippen LogP contribution in [-0.4, -0.2) is 96.7 Å². The van der Waals surface area contributed by atoms with Crippen LogP contribution in [0.5, 0.6) is 0 Å². The Balaban J connectivity index is 5.36. The number of rotatable bonds is 74. The summed E-state index contributed by atoms with van der Waals surface area (Å²) in [5.74, 6) is -2.21. The molecule has 0 aliphatic rings. The van der Waals surface area contributed by atoms with Crippen LogP contribution in [0.3, 0.4) is 0 Å². The molecule has 100 heavy (non-hydrogen) atoms. The number of phosphoric acid groups is 2. The minimum absolute atomic E-state index is 0.0813. The number of aliphatic hydroxyl groups excluding tert-OH is 1. The summed E-state index contributed by atoms with van der Waals surface area (Å²) in [6.45, 7) is 4.62. The molecule has 0 saturated heterocycles. The number of phosphoric ester groups is 2. The van der Waals surface area contributed by atoms with Gasteiger partial charge in [0.1, 0.15) is 19.3 Å². The van der Waals surface area contributed by atoms with Gasteiger partial charge in [-0.25, -0.2) is 9.13 Å². The zero-order chi connectivity index (χ0) is 73.2. The van der Waals surface area contributed by atoms with Crippen LogP contribution < -0.4 is 0 Å². The predicted octanol–water partition coefficient (Wildman–Crippen LogP) is 22.8. The van der Waals surface area contributed by atoms with Crippen molar-refractivity contribution < 1.29 is 80.2 Å². The number of ether oxygens (including phenoxy) is 4.